The van der Waals surface area contributed by atoms with E-state index in [2.05, 4.69) is 20.4 Å². The summed E-state index contributed by atoms with van der Waals surface area (Å²) in [5.41, 5.74) is 0.877. The number of amides is 1. The van der Waals surface area contributed by atoms with Gasteiger partial charge < -0.3 is 19.6 Å². The molecule has 1 amide bonds. The lowest BCUT2D eigenvalue weighted by Gasteiger charge is -2.38. The molecule has 3 aliphatic heterocycles. The van der Waals surface area contributed by atoms with Crippen LogP contribution in [0.3, 0.4) is 0 Å². The largest absolute Gasteiger partial charge is 0.456 e. The SMILES string of the molecule is O=C1C=C(N2CCC3(CCN(C[C@H](O)c4ccc(-n5cnnn5)cc4F)CC3)C2=O)CO1. The molecule has 0 radical (unpaired) electrons. The molecule has 0 unspecified atom stereocenters. The second-order valence-corrected chi connectivity index (χ2v) is 8.51. The first-order valence-electron chi connectivity index (χ1n) is 10.6. The minimum atomic E-state index is -0.991. The topological polar surface area (TPSA) is 114 Å². The third-order valence-corrected chi connectivity index (χ3v) is 6.71. The Hall–Kier alpha value is -3.18. The lowest BCUT2D eigenvalue weighted by atomic mass is 9.77. The summed E-state index contributed by atoms with van der Waals surface area (Å²) in [7, 11) is 0. The number of β-amino-alcohol motifs (C(OH)–C–C–N with tert-alkyl or cyclic N) is 1. The predicted octanol–water partition coefficient (Wildman–Crippen LogP) is 0.590. The third kappa shape index (κ3) is 3.67. The highest BCUT2D eigenvalue weighted by molar-refractivity contribution is 5.90. The van der Waals surface area contributed by atoms with Crippen LogP contribution in [0.5, 0.6) is 0 Å². The van der Waals surface area contributed by atoms with Gasteiger partial charge in [-0.2, -0.15) is 0 Å². The number of hydrogen-bond donors (Lipinski definition) is 1. The van der Waals surface area contributed by atoms with Crippen LogP contribution in [0, 0.1) is 11.2 Å². The number of likely N-dealkylation sites (tertiary alicyclic amines) is 2. The third-order valence-electron chi connectivity index (χ3n) is 6.71. The zero-order valence-corrected chi connectivity index (χ0v) is 17.4. The molecule has 2 aromatic rings. The summed E-state index contributed by atoms with van der Waals surface area (Å²) in [5.74, 6) is -0.885. The highest BCUT2D eigenvalue weighted by Gasteiger charge is 2.49. The van der Waals surface area contributed by atoms with Gasteiger partial charge in [0.25, 0.3) is 0 Å². The molecule has 4 heterocycles. The maximum absolute atomic E-state index is 14.6. The maximum Gasteiger partial charge on any atom is 0.333 e. The fraction of sp³-hybridized carbons (Fsp3) is 0.476. The van der Waals surface area contributed by atoms with Crippen LogP contribution in [-0.2, 0) is 14.3 Å². The van der Waals surface area contributed by atoms with Gasteiger partial charge in [0.2, 0.25) is 5.91 Å². The van der Waals surface area contributed by atoms with Crippen molar-refractivity contribution in [2.75, 3.05) is 32.8 Å². The molecular weight excluding hydrogens is 419 g/mol. The summed E-state index contributed by atoms with van der Waals surface area (Å²) in [6.07, 6.45) is 3.83. The van der Waals surface area contributed by atoms with Crippen LogP contribution in [0.4, 0.5) is 4.39 Å². The average molecular weight is 442 g/mol. The number of halogens is 1. The summed E-state index contributed by atoms with van der Waals surface area (Å²) >= 11 is 0. The number of benzene rings is 1. The van der Waals surface area contributed by atoms with Gasteiger partial charge in [-0.25, -0.2) is 13.9 Å². The van der Waals surface area contributed by atoms with Crippen LogP contribution < -0.4 is 0 Å². The Kier molecular flexibility index (Phi) is 5.22. The van der Waals surface area contributed by atoms with Crippen molar-refractivity contribution in [1.29, 1.82) is 0 Å². The molecule has 2 saturated heterocycles. The molecule has 2 fully saturated rings. The molecule has 1 atom stereocenters. The second-order valence-electron chi connectivity index (χ2n) is 8.51. The van der Waals surface area contributed by atoms with E-state index >= 15 is 0 Å². The molecule has 11 heteroatoms. The van der Waals surface area contributed by atoms with Crippen molar-refractivity contribution < 1.29 is 23.8 Å². The summed E-state index contributed by atoms with van der Waals surface area (Å²) in [5, 5.41) is 21.4. The van der Waals surface area contributed by atoms with Crippen LogP contribution in [-0.4, -0.2) is 79.8 Å². The number of carbonyl (C=O) groups is 2. The maximum atomic E-state index is 14.6. The lowest BCUT2D eigenvalue weighted by molar-refractivity contribution is -0.138. The summed E-state index contributed by atoms with van der Waals surface area (Å²) in [6, 6.07) is 4.48. The zero-order valence-electron chi connectivity index (χ0n) is 17.4. The zero-order chi connectivity index (χ0) is 22.3. The average Bonchev–Trinajstić information content (AvgIpc) is 3.52. The van der Waals surface area contributed by atoms with Crippen molar-refractivity contribution in [3.63, 3.8) is 0 Å². The van der Waals surface area contributed by atoms with Crippen molar-refractivity contribution in [3.8, 4) is 5.69 Å². The first-order valence-corrected chi connectivity index (χ1v) is 10.6. The minimum Gasteiger partial charge on any atom is -0.456 e. The van der Waals surface area contributed by atoms with Gasteiger partial charge in [-0.1, -0.05) is 6.07 Å². The number of aliphatic hydroxyl groups is 1. The first-order chi connectivity index (χ1) is 15.4. The Bertz CT molecular complexity index is 1060. The summed E-state index contributed by atoms with van der Waals surface area (Å²) in [6.45, 7) is 2.28. The van der Waals surface area contributed by atoms with Crippen molar-refractivity contribution in [2.45, 2.75) is 25.4 Å². The quantitative estimate of drug-likeness (QED) is 0.670. The van der Waals surface area contributed by atoms with Crippen LogP contribution in [0.2, 0.25) is 0 Å². The molecule has 1 aromatic carbocycles. The fourth-order valence-corrected chi connectivity index (χ4v) is 4.79. The normalized spacial score (nSPS) is 21.8. The van der Waals surface area contributed by atoms with Crippen LogP contribution in [0.25, 0.3) is 5.69 Å². The number of hydrogen-bond acceptors (Lipinski definition) is 8. The van der Waals surface area contributed by atoms with E-state index in [9.17, 15) is 19.1 Å². The Morgan fingerprint density at radius 1 is 1.19 bits per heavy atom. The van der Waals surface area contributed by atoms with Crippen molar-refractivity contribution in [2.24, 2.45) is 5.41 Å². The van der Waals surface area contributed by atoms with Gasteiger partial charge in [0, 0.05) is 30.8 Å². The molecule has 3 aliphatic rings. The molecule has 10 nitrogen and oxygen atoms in total. The molecule has 168 valence electrons. The fourth-order valence-electron chi connectivity index (χ4n) is 4.79. The van der Waals surface area contributed by atoms with Crippen LogP contribution in [0.1, 0.15) is 30.9 Å². The highest BCUT2D eigenvalue weighted by Crippen LogP contribution is 2.43. The van der Waals surface area contributed by atoms with Gasteiger partial charge >= 0.3 is 5.97 Å². The van der Waals surface area contributed by atoms with E-state index in [-0.39, 0.29) is 24.6 Å². The number of rotatable bonds is 5. The summed E-state index contributed by atoms with van der Waals surface area (Å²) in [4.78, 5) is 28.2. The van der Waals surface area contributed by atoms with E-state index in [1.54, 1.807) is 17.0 Å². The van der Waals surface area contributed by atoms with Gasteiger partial charge in [-0.3, -0.25) is 4.79 Å². The number of esters is 1. The van der Waals surface area contributed by atoms with Crippen molar-refractivity contribution in [1.82, 2.24) is 30.0 Å². The number of nitrogens with zero attached hydrogens (tertiary/aromatic N) is 6. The Labute approximate surface area is 183 Å². The van der Waals surface area contributed by atoms with Crippen LogP contribution in [0.15, 0.2) is 36.3 Å². The number of aromatic nitrogens is 4. The molecule has 5 rings (SSSR count). The first kappa shape index (κ1) is 20.7. The highest BCUT2D eigenvalue weighted by atomic mass is 19.1. The standard InChI is InChI=1S/C21H23FN6O4/c22-17-9-14(28-13-23-24-25-28)1-2-16(17)18(29)11-26-6-3-21(4-7-26)5-8-27(20(21)31)15-10-19(30)32-12-15/h1-2,9-10,13,18,29H,3-8,11-12H2/t18-/m0/s1. The van der Waals surface area contributed by atoms with E-state index in [4.69, 9.17) is 4.74 Å². The van der Waals surface area contributed by atoms with Crippen molar-refractivity contribution in [3.05, 3.63) is 47.7 Å². The van der Waals surface area contributed by atoms with Crippen LogP contribution >= 0.6 is 0 Å². The number of ether oxygens (including phenoxy) is 1. The van der Waals surface area contributed by atoms with E-state index in [1.807, 2.05) is 0 Å². The molecule has 0 saturated carbocycles. The Morgan fingerprint density at radius 3 is 2.62 bits per heavy atom. The molecule has 1 spiro atoms. The van der Waals surface area contributed by atoms with Gasteiger partial charge in [0.1, 0.15) is 18.8 Å². The predicted molar refractivity (Wildman–Crippen MR) is 108 cm³/mol. The monoisotopic (exact) mass is 442 g/mol. The molecule has 1 N–H and O–H groups in total. The molecular formula is C21H23FN6O4. The number of tetrazole rings is 1. The molecule has 0 bridgehead atoms. The second kappa shape index (κ2) is 8.06. The number of cyclic esters (lactones) is 1. The van der Waals surface area contributed by atoms with E-state index in [1.165, 1.54) is 23.2 Å². The minimum absolute atomic E-state index is 0.0477. The van der Waals surface area contributed by atoms with Gasteiger partial charge in [-0.05, 0) is 48.8 Å². The number of aliphatic hydroxyl groups excluding tert-OH is 1. The Balaban J connectivity index is 1.20. The Morgan fingerprint density at radius 2 is 1.97 bits per heavy atom. The van der Waals surface area contributed by atoms with Gasteiger partial charge in [0.05, 0.1) is 22.9 Å². The van der Waals surface area contributed by atoms with Gasteiger partial charge in [0.15, 0.2) is 0 Å². The lowest BCUT2D eigenvalue weighted by Crippen LogP contribution is -2.45. The van der Waals surface area contributed by atoms with Crippen molar-refractivity contribution >= 4 is 11.9 Å². The summed E-state index contributed by atoms with van der Waals surface area (Å²) < 4.78 is 20.9. The smallest absolute Gasteiger partial charge is 0.333 e. The van der Waals surface area contributed by atoms with E-state index in [0.717, 1.165) is 6.42 Å². The van der Waals surface area contributed by atoms with E-state index in [0.29, 0.717) is 43.9 Å². The molecule has 32 heavy (non-hydrogen) atoms. The molecule has 1 aromatic heterocycles. The molecule has 0 aliphatic carbocycles. The van der Waals surface area contributed by atoms with E-state index < -0.39 is 23.3 Å². The van der Waals surface area contributed by atoms with Gasteiger partial charge in [-0.15, -0.1) is 5.10 Å². The number of carbonyl (C=O) groups excluding carboxylic acids is 2. The number of piperidine rings is 1.